The molecule has 122 valence electrons. The van der Waals surface area contributed by atoms with Crippen LogP contribution in [0.1, 0.15) is 12.8 Å². The summed E-state index contributed by atoms with van der Waals surface area (Å²) in [6, 6.07) is 11.3. The van der Waals surface area contributed by atoms with Gasteiger partial charge in [-0.15, -0.1) is 0 Å². The molecule has 1 saturated heterocycles. The highest BCUT2D eigenvalue weighted by molar-refractivity contribution is 7.97. The van der Waals surface area contributed by atoms with E-state index in [1.54, 1.807) is 6.07 Å². The average molecular weight is 353 g/mol. The number of carbonyl (C=O) groups excluding carboxylic acids is 1. The van der Waals surface area contributed by atoms with Gasteiger partial charge < -0.3 is 4.74 Å². The van der Waals surface area contributed by atoms with Crippen molar-refractivity contribution in [1.82, 2.24) is 0 Å². The van der Waals surface area contributed by atoms with E-state index in [1.165, 1.54) is 29.2 Å². The lowest BCUT2D eigenvalue weighted by Gasteiger charge is -2.10. The third kappa shape index (κ3) is 3.85. The van der Waals surface area contributed by atoms with Crippen LogP contribution in [0.15, 0.2) is 41.3 Å². The number of carbonyl (C=O) groups is 1. The van der Waals surface area contributed by atoms with Crippen molar-refractivity contribution in [2.24, 2.45) is 0 Å². The first-order valence-corrected chi connectivity index (χ1v) is 10.5. The highest BCUT2D eigenvalue weighted by atomic mass is 32.2. The molecule has 0 unspecified atom stereocenters. The molecular formula is C16H17O5S2+. The Hall–Kier alpha value is -1.57. The monoisotopic (exact) mass is 353 g/mol. The summed E-state index contributed by atoms with van der Waals surface area (Å²) < 4.78 is 35.4. The van der Waals surface area contributed by atoms with Gasteiger partial charge in [0.25, 0.3) is 10.1 Å². The van der Waals surface area contributed by atoms with E-state index < -0.39 is 21.8 Å². The van der Waals surface area contributed by atoms with Crippen molar-refractivity contribution in [1.29, 1.82) is 0 Å². The number of ether oxygens (including phenoxy) is 1. The summed E-state index contributed by atoms with van der Waals surface area (Å²) in [4.78, 5) is 12.9. The Bertz CT molecular complexity index is 839. The second-order valence-corrected chi connectivity index (χ2v) is 9.11. The fraction of sp³-hybridized carbons (Fsp3) is 0.312. The minimum Gasteiger partial charge on any atom is -0.425 e. The molecule has 3 rings (SSSR count). The highest BCUT2D eigenvalue weighted by Crippen LogP contribution is 2.34. The summed E-state index contributed by atoms with van der Waals surface area (Å²) in [5.74, 6) is 0.653. The zero-order valence-corrected chi connectivity index (χ0v) is 14.0. The van der Waals surface area contributed by atoms with Crippen molar-refractivity contribution in [2.45, 2.75) is 17.7 Å². The summed E-state index contributed by atoms with van der Waals surface area (Å²) in [5.41, 5.74) is 0. The van der Waals surface area contributed by atoms with Gasteiger partial charge in [-0.25, -0.2) is 0 Å². The smallest absolute Gasteiger partial charge is 0.329 e. The Labute approximate surface area is 137 Å². The molecule has 1 N–H and O–H groups in total. The molecule has 0 amide bonds. The Kier molecular flexibility index (Phi) is 4.61. The fourth-order valence-electron chi connectivity index (χ4n) is 2.76. The molecule has 1 aliphatic heterocycles. The molecule has 0 radical (unpaired) electrons. The lowest BCUT2D eigenvalue weighted by molar-refractivity contribution is -0.131. The van der Waals surface area contributed by atoms with Crippen LogP contribution in [0, 0.1) is 0 Å². The van der Waals surface area contributed by atoms with Crippen molar-refractivity contribution >= 4 is 37.8 Å². The van der Waals surface area contributed by atoms with Crippen molar-refractivity contribution < 1.29 is 22.5 Å². The SMILES string of the molecule is O=C(CS(=O)(=O)O)Oc1ccc([S+]2CCCC2)c2ccccc12. The van der Waals surface area contributed by atoms with Gasteiger partial charge in [-0.2, -0.15) is 8.42 Å². The van der Waals surface area contributed by atoms with E-state index in [0.29, 0.717) is 5.75 Å². The van der Waals surface area contributed by atoms with Crippen LogP contribution in [-0.4, -0.2) is 36.2 Å². The average Bonchev–Trinajstić information content (AvgIpc) is 2.99. The molecule has 0 saturated carbocycles. The van der Waals surface area contributed by atoms with Crippen LogP contribution in [0.2, 0.25) is 0 Å². The summed E-state index contributed by atoms with van der Waals surface area (Å²) in [5, 5.41) is 1.82. The van der Waals surface area contributed by atoms with Crippen LogP contribution in [0.4, 0.5) is 0 Å². The minimum absolute atomic E-state index is 0.222. The maximum Gasteiger partial charge on any atom is 0.329 e. The number of esters is 1. The molecular weight excluding hydrogens is 336 g/mol. The molecule has 0 aromatic heterocycles. The van der Waals surface area contributed by atoms with E-state index in [1.807, 2.05) is 30.3 Å². The van der Waals surface area contributed by atoms with Crippen LogP contribution in [-0.2, 0) is 25.8 Å². The second-order valence-electron chi connectivity index (χ2n) is 5.42. The molecule has 7 heteroatoms. The maximum absolute atomic E-state index is 11.7. The zero-order valence-electron chi connectivity index (χ0n) is 12.4. The van der Waals surface area contributed by atoms with Crippen molar-refractivity contribution in [3.63, 3.8) is 0 Å². The van der Waals surface area contributed by atoms with E-state index in [4.69, 9.17) is 9.29 Å². The second kappa shape index (κ2) is 6.51. The number of hydrogen-bond acceptors (Lipinski definition) is 4. The molecule has 0 aliphatic carbocycles. The topological polar surface area (TPSA) is 80.7 Å². The molecule has 2 aromatic carbocycles. The normalized spacial score (nSPS) is 15.9. The van der Waals surface area contributed by atoms with Crippen molar-refractivity contribution in [2.75, 3.05) is 17.3 Å². The Balaban J connectivity index is 1.96. The number of rotatable bonds is 4. The van der Waals surface area contributed by atoms with Crippen molar-refractivity contribution in [3.8, 4) is 5.75 Å². The van der Waals surface area contributed by atoms with Crippen LogP contribution in [0.5, 0.6) is 5.75 Å². The Morgan fingerprint density at radius 3 is 2.39 bits per heavy atom. The third-order valence-electron chi connectivity index (χ3n) is 3.71. The molecule has 0 atom stereocenters. The van der Waals surface area contributed by atoms with Gasteiger partial charge in [0.05, 0.1) is 0 Å². The third-order valence-corrected chi connectivity index (χ3v) is 6.85. The Morgan fingerprint density at radius 1 is 1.09 bits per heavy atom. The van der Waals surface area contributed by atoms with Gasteiger partial charge in [0.2, 0.25) is 0 Å². The molecule has 1 aliphatic rings. The van der Waals surface area contributed by atoms with Gasteiger partial charge in [-0.1, -0.05) is 18.2 Å². The van der Waals surface area contributed by atoms with Crippen LogP contribution in [0.25, 0.3) is 10.8 Å². The summed E-state index contributed by atoms with van der Waals surface area (Å²) in [6.07, 6.45) is 2.48. The van der Waals surface area contributed by atoms with E-state index >= 15 is 0 Å². The first kappa shape index (κ1) is 16.3. The van der Waals surface area contributed by atoms with Gasteiger partial charge in [0, 0.05) is 21.7 Å². The number of hydrogen-bond donors (Lipinski definition) is 1. The van der Waals surface area contributed by atoms with Gasteiger partial charge in [0.1, 0.15) is 17.3 Å². The van der Waals surface area contributed by atoms with Crippen LogP contribution >= 0.6 is 0 Å². The largest absolute Gasteiger partial charge is 0.425 e. The molecule has 2 aromatic rings. The predicted octanol–water partition coefficient (Wildman–Crippen LogP) is 2.40. The summed E-state index contributed by atoms with van der Waals surface area (Å²) >= 11 is 0. The Morgan fingerprint density at radius 2 is 1.74 bits per heavy atom. The zero-order chi connectivity index (χ0) is 16.4. The van der Waals surface area contributed by atoms with E-state index in [-0.39, 0.29) is 10.9 Å². The first-order valence-electron chi connectivity index (χ1n) is 7.29. The van der Waals surface area contributed by atoms with Gasteiger partial charge in [0.15, 0.2) is 10.6 Å². The number of benzene rings is 2. The molecule has 0 bridgehead atoms. The summed E-state index contributed by atoms with van der Waals surface area (Å²) in [7, 11) is -4.17. The lowest BCUT2D eigenvalue weighted by atomic mass is 10.1. The standard InChI is InChI=1S/C16H16O5S2/c17-16(11-23(18,19)20)21-14-7-8-15(22-9-3-4-10-22)13-6-2-1-5-12(13)14/h1-2,5-8H,3-4,9-11H2/p+1. The van der Waals surface area contributed by atoms with Gasteiger partial charge in [-0.3, -0.25) is 9.35 Å². The minimum atomic E-state index is -4.39. The first-order chi connectivity index (χ1) is 10.9. The number of fused-ring (bicyclic) bond motifs is 1. The van der Waals surface area contributed by atoms with Gasteiger partial charge in [-0.05, 0) is 31.0 Å². The quantitative estimate of drug-likeness (QED) is 0.395. The molecule has 1 fully saturated rings. The van der Waals surface area contributed by atoms with Crippen molar-refractivity contribution in [3.05, 3.63) is 36.4 Å². The fourth-order valence-corrected chi connectivity index (χ4v) is 5.62. The van der Waals surface area contributed by atoms with Gasteiger partial charge >= 0.3 is 5.97 Å². The van der Waals surface area contributed by atoms with E-state index in [9.17, 15) is 13.2 Å². The lowest BCUT2D eigenvalue weighted by Crippen LogP contribution is -2.20. The highest BCUT2D eigenvalue weighted by Gasteiger charge is 2.29. The molecule has 5 nitrogen and oxygen atoms in total. The molecule has 1 heterocycles. The van der Waals surface area contributed by atoms with Crippen LogP contribution in [0.3, 0.4) is 0 Å². The van der Waals surface area contributed by atoms with Crippen LogP contribution < -0.4 is 4.74 Å². The summed E-state index contributed by atoms with van der Waals surface area (Å²) in [6.45, 7) is 0. The van der Waals surface area contributed by atoms with E-state index in [0.717, 1.165) is 10.8 Å². The molecule has 23 heavy (non-hydrogen) atoms. The van der Waals surface area contributed by atoms with E-state index in [2.05, 4.69) is 0 Å². The predicted molar refractivity (Wildman–Crippen MR) is 90.6 cm³/mol. The molecule has 0 spiro atoms. The maximum atomic E-state index is 11.7.